The zero-order chi connectivity index (χ0) is 14.8. The first-order valence-corrected chi connectivity index (χ1v) is 8.19. The fourth-order valence-electron chi connectivity index (χ4n) is 2.74. The molecule has 1 aromatic rings. The number of thiazole rings is 1. The lowest BCUT2D eigenvalue weighted by Crippen LogP contribution is -2.39. The molecule has 0 radical (unpaired) electrons. The van der Waals surface area contributed by atoms with E-state index in [2.05, 4.69) is 10.3 Å². The molecule has 2 heterocycles. The second-order valence-electron chi connectivity index (χ2n) is 5.56. The van der Waals surface area contributed by atoms with Crippen LogP contribution < -0.4 is 5.32 Å². The molecule has 0 unspecified atom stereocenters. The molecule has 114 valence electrons. The van der Waals surface area contributed by atoms with Gasteiger partial charge in [-0.2, -0.15) is 0 Å². The summed E-state index contributed by atoms with van der Waals surface area (Å²) in [4.78, 5) is 32.8. The molecule has 0 atom stereocenters. The Hall–Kier alpha value is -1.63. The maximum atomic E-state index is 11.8. The fraction of sp³-hybridized carbons (Fsp3) is 0.643. The fourth-order valence-corrected chi connectivity index (χ4v) is 3.90. The third kappa shape index (κ3) is 3.18. The Labute approximate surface area is 128 Å². The number of likely N-dealkylation sites (N-methyl/N-ethyl adjacent to an activating group) is 1. The second-order valence-corrected chi connectivity index (χ2v) is 6.72. The average molecular weight is 308 g/mol. The molecular weight excluding hydrogens is 288 g/mol. The SMILES string of the molecule is CN1CCN(CC(=O)NCCc2nc3c(s2)CCC3)C1=O. The van der Waals surface area contributed by atoms with Crippen molar-refractivity contribution in [1.82, 2.24) is 20.1 Å². The second kappa shape index (κ2) is 6.01. The van der Waals surface area contributed by atoms with Crippen LogP contribution in [0.3, 0.4) is 0 Å². The van der Waals surface area contributed by atoms with E-state index in [0.29, 0.717) is 19.6 Å². The third-order valence-corrected chi connectivity index (χ3v) is 5.16. The quantitative estimate of drug-likeness (QED) is 0.869. The van der Waals surface area contributed by atoms with E-state index in [4.69, 9.17) is 0 Å². The van der Waals surface area contributed by atoms with Crippen LogP contribution in [0.4, 0.5) is 4.79 Å². The Balaban J connectivity index is 1.40. The number of aromatic nitrogens is 1. The van der Waals surface area contributed by atoms with Crippen LogP contribution in [0.5, 0.6) is 0 Å². The van der Waals surface area contributed by atoms with Crippen molar-refractivity contribution >= 4 is 23.3 Å². The van der Waals surface area contributed by atoms with Gasteiger partial charge in [-0.05, 0) is 19.3 Å². The van der Waals surface area contributed by atoms with E-state index in [1.54, 1.807) is 28.2 Å². The molecule has 6 nitrogen and oxygen atoms in total. The molecule has 0 aromatic carbocycles. The highest BCUT2D eigenvalue weighted by Crippen LogP contribution is 2.27. The molecule has 3 amide bonds. The van der Waals surface area contributed by atoms with Crippen LogP contribution in [0.1, 0.15) is 22.0 Å². The number of nitrogens with zero attached hydrogens (tertiary/aromatic N) is 3. The minimum atomic E-state index is -0.0947. The third-order valence-electron chi connectivity index (χ3n) is 3.94. The van der Waals surface area contributed by atoms with Crippen LogP contribution in [0.15, 0.2) is 0 Å². The number of carbonyl (C=O) groups excluding carboxylic acids is 2. The largest absolute Gasteiger partial charge is 0.354 e. The maximum Gasteiger partial charge on any atom is 0.320 e. The molecule has 0 spiro atoms. The van der Waals surface area contributed by atoms with E-state index in [9.17, 15) is 9.59 Å². The van der Waals surface area contributed by atoms with Gasteiger partial charge in [-0.3, -0.25) is 4.79 Å². The molecule has 1 N–H and O–H groups in total. The Bertz CT molecular complexity index is 536. The van der Waals surface area contributed by atoms with Gasteiger partial charge < -0.3 is 15.1 Å². The number of nitrogens with one attached hydrogen (secondary N) is 1. The Morgan fingerprint density at radius 3 is 2.95 bits per heavy atom. The Morgan fingerprint density at radius 2 is 2.24 bits per heavy atom. The topological polar surface area (TPSA) is 65.5 Å². The van der Waals surface area contributed by atoms with Crippen molar-refractivity contribution in [3.05, 3.63) is 15.6 Å². The molecule has 1 aromatic heterocycles. The van der Waals surface area contributed by atoms with Gasteiger partial charge in [0.15, 0.2) is 0 Å². The zero-order valence-corrected chi connectivity index (χ0v) is 13.0. The van der Waals surface area contributed by atoms with Crippen molar-refractivity contribution in [2.24, 2.45) is 0 Å². The smallest absolute Gasteiger partial charge is 0.320 e. The van der Waals surface area contributed by atoms with Crippen LogP contribution >= 0.6 is 11.3 Å². The average Bonchev–Trinajstić information content (AvgIpc) is 3.10. The van der Waals surface area contributed by atoms with Gasteiger partial charge in [0.1, 0.15) is 6.54 Å². The summed E-state index contributed by atoms with van der Waals surface area (Å²) in [5, 5.41) is 3.98. The normalized spacial score (nSPS) is 17.5. The standard InChI is InChI=1S/C14H20N4O2S/c1-17-7-8-18(14(17)20)9-12(19)15-6-5-13-16-10-3-2-4-11(10)21-13/h2-9H2,1H3,(H,15,19). The van der Waals surface area contributed by atoms with E-state index in [1.165, 1.54) is 17.0 Å². The number of aryl methyl sites for hydroxylation is 2. The van der Waals surface area contributed by atoms with Gasteiger partial charge in [-0.1, -0.05) is 0 Å². The van der Waals surface area contributed by atoms with E-state index >= 15 is 0 Å². The number of carbonyl (C=O) groups is 2. The molecular formula is C14H20N4O2S. The van der Waals surface area contributed by atoms with Gasteiger partial charge >= 0.3 is 6.03 Å². The van der Waals surface area contributed by atoms with Crippen LogP contribution in [-0.4, -0.2) is 59.9 Å². The van der Waals surface area contributed by atoms with E-state index in [-0.39, 0.29) is 18.5 Å². The highest BCUT2D eigenvalue weighted by Gasteiger charge is 2.26. The van der Waals surface area contributed by atoms with Gasteiger partial charge in [0.05, 0.1) is 10.7 Å². The van der Waals surface area contributed by atoms with Crippen molar-refractivity contribution in [3.8, 4) is 0 Å². The van der Waals surface area contributed by atoms with E-state index < -0.39 is 0 Å². The number of amides is 3. The summed E-state index contributed by atoms with van der Waals surface area (Å²) in [6.45, 7) is 2.05. The molecule has 7 heteroatoms. The van der Waals surface area contributed by atoms with E-state index in [1.807, 2.05) is 0 Å². The van der Waals surface area contributed by atoms with Crippen molar-refractivity contribution in [3.63, 3.8) is 0 Å². The number of urea groups is 1. The first kappa shape index (κ1) is 14.3. The number of hydrogen-bond donors (Lipinski definition) is 1. The monoisotopic (exact) mass is 308 g/mol. The molecule has 1 saturated heterocycles. The molecule has 1 aliphatic heterocycles. The zero-order valence-electron chi connectivity index (χ0n) is 12.2. The van der Waals surface area contributed by atoms with Crippen molar-refractivity contribution in [2.75, 3.05) is 33.2 Å². The van der Waals surface area contributed by atoms with Crippen LogP contribution in [0.2, 0.25) is 0 Å². The lowest BCUT2D eigenvalue weighted by molar-refractivity contribution is -0.121. The highest BCUT2D eigenvalue weighted by atomic mass is 32.1. The number of rotatable bonds is 5. The highest BCUT2D eigenvalue weighted by molar-refractivity contribution is 7.11. The number of hydrogen-bond acceptors (Lipinski definition) is 4. The summed E-state index contributed by atoms with van der Waals surface area (Å²) in [7, 11) is 1.75. The summed E-state index contributed by atoms with van der Waals surface area (Å²) in [6, 6.07) is -0.0681. The van der Waals surface area contributed by atoms with Gasteiger partial charge in [0.2, 0.25) is 5.91 Å². The summed E-state index contributed by atoms with van der Waals surface area (Å²) in [5.41, 5.74) is 1.26. The van der Waals surface area contributed by atoms with Gasteiger partial charge in [-0.25, -0.2) is 9.78 Å². The summed E-state index contributed by atoms with van der Waals surface area (Å²) in [5.74, 6) is -0.0947. The van der Waals surface area contributed by atoms with Crippen LogP contribution in [0.25, 0.3) is 0 Å². The minimum absolute atomic E-state index is 0.0681. The molecule has 21 heavy (non-hydrogen) atoms. The Morgan fingerprint density at radius 1 is 1.38 bits per heavy atom. The molecule has 2 aliphatic rings. The first-order valence-electron chi connectivity index (χ1n) is 7.37. The summed E-state index contributed by atoms with van der Waals surface area (Å²) >= 11 is 1.77. The molecule has 1 fully saturated rings. The van der Waals surface area contributed by atoms with Gasteiger partial charge in [0, 0.05) is 38.0 Å². The molecule has 3 rings (SSSR count). The predicted octanol–water partition coefficient (Wildman–Crippen LogP) is 0.658. The molecule has 0 saturated carbocycles. The number of fused-ring (bicyclic) bond motifs is 1. The molecule has 0 bridgehead atoms. The first-order chi connectivity index (χ1) is 10.1. The van der Waals surface area contributed by atoms with E-state index in [0.717, 1.165) is 24.3 Å². The lowest BCUT2D eigenvalue weighted by Gasteiger charge is -2.15. The van der Waals surface area contributed by atoms with Crippen molar-refractivity contribution in [1.29, 1.82) is 0 Å². The van der Waals surface area contributed by atoms with Gasteiger partial charge in [-0.15, -0.1) is 11.3 Å². The van der Waals surface area contributed by atoms with Crippen LogP contribution in [0, 0.1) is 0 Å². The van der Waals surface area contributed by atoms with Gasteiger partial charge in [0.25, 0.3) is 0 Å². The maximum absolute atomic E-state index is 11.8. The van der Waals surface area contributed by atoms with Crippen LogP contribution in [-0.2, 0) is 24.1 Å². The predicted molar refractivity (Wildman–Crippen MR) is 80.5 cm³/mol. The minimum Gasteiger partial charge on any atom is -0.354 e. The summed E-state index contributed by atoms with van der Waals surface area (Å²) in [6.07, 6.45) is 4.26. The Kier molecular flexibility index (Phi) is 4.10. The summed E-state index contributed by atoms with van der Waals surface area (Å²) < 4.78 is 0. The van der Waals surface area contributed by atoms with Crippen molar-refractivity contribution in [2.45, 2.75) is 25.7 Å². The van der Waals surface area contributed by atoms with Crippen molar-refractivity contribution < 1.29 is 9.59 Å². The molecule has 1 aliphatic carbocycles. The lowest BCUT2D eigenvalue weighted by atomic mass is 10.3.